The number of benzene rings is 1. The van der Waals surface area contributed by atoms with Gasteiger partial charge in [-0.1, -0.05) is 0 Å². The second-order valence-electron chi connectivity index (χ2n) is 4.32. The second-order valence-corrected chi connectivity index (χ2v) is 5.20. The van der Waals surface area contributed by atoms with E-state index in [4.69, 9.17) is 5.73 Å². The summed E-state index contributed by atoms with van der Waals surface area (Å²) in [5.74, 6) is 0. The van der Waals surface area contributed by atoms with Gasteiger partial charge < -0.3 is 10.6 Å². The Morgan fingerprint density at radius 3 is 2.29 bits per heavy atom. The molecule has 0 radical (unpaired) electrons. The van der Waals surface area contributed by atoms with Crippen molar-refractivity contribution in [3.05, 3.63) is 24.3 Å². The molecular weight excluding hydrogens is 230 g/mol. The van der Waals surface area contributed by atoms with E-state index in [1.807, 2.05) is 0 Å². The van der Waals surface area contributed by atoms with Crippen LogP contribution in [0.2, 0.25) is 0 Å². The van der Waals surface area contributed by atoms with E-state index in [0.717, 1.165) is 39.3 Å². The van der Waals surface area contributed by atoms with Crippen molar-refractivity contribution in [2.45, 2.75) is 4.90 Å². The zero-order chi connectivity index (χ0) is 12.1. The molecular formula is C13H21N3S. The monoisotopic (exact) mass is 251 g/mol. The van der Waals surface area contributed by atoms with Crippen LogP contribution in [0.15, 0.2) is 29.2 Å². The summed E-state index contributed by atoms with van der Waals surface area (Å²) in [5.41, 5.74) is 6.92. The predicted molar refractivity (Wildman–Crippen MR) is 75.9 cm³/mol. The molecule has 1 saturated heterocycles. The highest BCUT2D eigenvalue weighted by Gasteiger charge is 2.16. The first-order chi connectivity index (χ1) is 8.33. The third kappa shape index (κ3) is 3.37. The van der Waals surface area contributed by atoms with Crippen LogP contribution in [-0.2, 0) is 0 Å². The lowest BCUT2D eigenvalue weighted by molar-refractivity contribution is 0.265. The van der Waals surface area contributed by atoms with Crippen LogP contribution < -0.4 is 10.6 Å². The molecule has 1 fully saturated rings. The molecule has 1 aliphatic heterocycles. The van der Waals surface area contributed by atoms with Gasteiger partial charge in [-0.25, -0.2) is 0 Å². The number of rotatable bonds is 4. The fraction of sp³-hybridized carbons (Fsp3) is 0.538. The molecule has 4 heteroatoms. The fourth-order valence-corrected chi connectivity index (χ4v) is 2.61. The molecule has 1 heterocycles. The lowest BCUT2D eigenvalue weighted by Gasteiger charge is -2.35. The Balaban J connectivity index is 1.91. The van der Waals surface area contributed by atoms with E-state index in [1.54, 1.807) is 11.8 Å². The predicted octanol–water partition coefficient (Wildman–Crippen LogP) is 1.49. The van der Waals surface area contributed by atoms with Crippen molar-refractivity contribution < 1.29 is 0 Å². The summed E-state index contributed by atoms with van der Waals surface area (Å²) in [6.45, 7) is 6.27. The maximum Gasteiger partial charge on any atom is 0.0367 e. The minimum Gasteiger partial charge on any atom is -0.369 e. The lowest BCUT2D eigenvalue weighted by Crippen LogP contribution is -2.47. The van der Waals surface area contributed by atoms with E-state index in [1.165, 1.54) is 10.6 Å². The second kappa shape index (κ2) is 6.28. The summed E-state index contributed by atoms with van der Waals surface area (Å²) in [4.78, 5) is 6.22. The van der Waals surface area contributed by atoms with E-state index in [-0.39, 0.29) is 0 Å². The lowest BCUT2D eigenvalue weighted by atomic mass is 10.2. The standard InChI is InChI=1S/C13H21N3S/c1-17-13-4-2-12(3-5-13)16-10-8-15(7-6-14)9-11-16/h2-5H,6-11,14H2,1H3. The Morgan fingerprint density at radius 2 is 1.76 bits per heavy atom. The minimum atomic E-state index is 0.766. The van der Waals surface area contributed by atoms with Gasteiger partial charge >= 0.3 is 0 Å². The van der Waals surface area contributed by atoms with Crippen LogP contribution >= 0.6 is 11.8 Å². The summed E-state index contributed by atoms with van der Waals surface area (Å²) >= 11 is 1.79. The Labute approximate surface area is 108 Å². The highest BCUT2D eigenvalue weighted by molar-refractivity contribution is 7.98. The number of hydrogen-bond acceptors (Lipinski definition) is 4. The molecule has 94 valence electrons. The highest BCUT2D eigenvalue weighted by atomic mass is 32.2. The molecule has 0 atom stereocenters. The van der Waals surface area contributed by atoms with Gasteiger partial charge in [0.05, 0.1) is 0 Å². The van der Waals surface area contributed by atoms with Crippen molar-refractivity contribution in [1.82, 2.24) is 4.90 Å². The summed E-state index contributed by atoms with van der Waals surface area (Å²) in [6, 6.07) is 8.85. The average molecular weight is 251 g/mol. The molecule has 0 bridgehead atoms. The molecule has 0 unspecified atom stereocenters. The van der Waals surface area contributed by atoms with Gasteiger partial charge in [0.1, 0.15) is 0 Å². The zero-order valence-corrected chi connectivity index (χ0v) is 11.2. The van der Waals surface area contributed by atoms with Gasteiger partial charge in [0.15, 0.2) is 0 Å². The van der Waals surface area contributed by atoms with Crippen LogP contribution in [0.5, 0.6) is 0 Å². The van der Waals surface area contributed by atoms with Gasteiger partial charge in [-0.2, -0.15) is 0 Å². The molecule has 1 aromatic rings. The van der Waals surface area contributed by atoms with Crippen LogP contribution in [0.25, 0.3) is 0 Å². The van der Waals surface area contributed by atoms with E-state index < -0.39 is 0 Å². The smallest absolute Gasteiger partial charge is 0.0367 e. The Kier molecular flexibility index (Phi) is 4.71. The first-order valence-electron chi connectivity index (χ1n) is 6.15. The van der Waals surface area contributed by atoms with Crippen LogP contribution in [0, 0.1) is 0 Å². The third-order valence-corrected chi connectivity index (χ3v) is 4.00. The summed E-state index contributed by atoms with van der Waals surface area (Å²) in [7, 11) is 0. The topological polar surface area (TPSA) is 32.5 Å². The van der Waals surface area contributed by atoms with Crippen LogP contribution in [0.1, 0.15) is 0 Å². The van der Waals surface area contributed by atoms with Crippen molar-refractivity contribution in [2.24, 2.45) is 5.73 Å². The molecule has 1 aromatic carbocycles. The molecule has 2 N–H and O–H groups in total. The first kappa shape index (κ1) is 12.7. The summed E-state index contributed by atoms with van der Waals surface area (Å²) in [5, 5.41) is 0. The van der Waals surface area contributed by atoms with Crippen LogP contribution in [0.3, 0.4) is 0 Å². The maximum atomic E-state index is 5.58. The van der Waals surface area contributed by atoms with Gasteiger partial charge in [-0.15, -0.1) is 11.8 Å². The van der Waals surface area contributed by atoms with E-state index >= 15 is 0 Å². The third-order valence-electron chi connectivity index (χ3n) is 3.26. The number of nitrogens with two attached hydrogens (primary N) is 1. The number of thioether (sulfide) groups is 1. The maximum absolute atomic E-state index is 5.58. The van der Waals surface area contributed by atoms with E-state index in [9.17, 15) is 0 Å². The highest BCUT2D eigenvalue weighted by Crippen LogP contribution is 2.21. The minimum absolute atomic E-state index is 0.766. The fourth-order valence-electron chi connectivity index (χ4n) is 2.21. The van der Waals surface area contributed by atoms with Crippen molar-refractivity contribution in [2.75, 3.05) is 50.4 Å². The van der Waals surface area contributed by atoms with Gasteiger partial charge in [-0.3, -0.25) is 4.90 Å². The SMILES string of the molecule is CSc1ccc(N2CCN(CCN)CC2)cc1. The average Bonchev–Trinajstić information content (AvgIpc) is 2.40. The van der Waals surface area contributed by atoms with Crippen LogP contribution in [0.4, 0.5) is 5.69 Å². The van der Waals surface area contributed by atoms with Gasteiger partial charge in [0.2, 0.25) is 0 Å². The quantitative estimate of drug-likeness (QED) is 0.822. The molecule has 1 aliphatic rings. The summed E-state index contributed by atoms with van der Waals surface area (Å²) < 4.78 is 0. The van der Waals surface area contributed by atoms with Crippen molar-refractivity contribution in [1.29, 1.82) is 0 Å². The normalized spacial score (nSPS) is 17.4. The van der Waals surface area contributed by atoms with E-state index in [0.29, 0.717) is 0 Å². The molecule has 3 nitrogen and oxygen atoms in total. The zero-order valence-electron chi connectivity index (χ0n) is 10.4. The molecule has 0 saturated carbocycles. The number of hydrogen-bond donors (Lipinski definition) is 1. The molecule has 17 heavy (non-hydrogen) atoms. The number of piperazine rings is 1. The van der Waals surface area contributed by atoms with Crippen molar-refractivity contribution in [3.8, 4) is 0 Å². The first-order valence-corrected chi connectivity index (χ1v) is 7.37. The Morgan fingerprint density at radius 1 is 1.12 bits per heavy atom. The van der Waals surface area contributed by atoms with Crippen molar-refractivity contribution in [3.63, 3.8) is 0 Å². The number of nitrogens with zero attached hydrogens (tertiary/aromatic N) is 2. The Bertz CT molecular complexity index is 331. The van der Waals surface area contributed by atoms with Crippen LogP contribution in [-0.4, -0.2) is 50.4 Å². The van der Waals surface area contributed by atoms with Crippen molar-refractivity contribution >= 4 is 17.4 Å². The summed E-state index contributed by atoms with van der Waals surface area (Å²) in [6.07, 6.45) is 2.11. The van der Waals surface area contributed by atoms with Gasteiger partial charge in [-0.05, 0) is 30.5 Å². The molecule has 0 spiro atoms. The number of anilines is 1. The van der Waals surface area contributed by atoms with Gasteiger partial charge in [0, 0.05) is 49.9 Å². The molecule has 0 aromatic heterocycles. The molecule has 0 aliphatic carbocycles. The van der Waals surface area contributed by atoms with E-state index in [2.05, 4.69) is 40.3 Å². The molecule has 2 rings (SSSR count). The van der Waals surface area contributed by atoms with Gasteiger partial charge in [0.25, 0.3) is 0 Å². The molecule has 0 amide bonds. The Hall–Kier alpha value is -0.710. The largest absolute Gasteiger partial charge is 0.369 e.